The van der Waals surface area contributed by atoms with Gasteiger partial charge in [-0.05, 0) is 48.4 Å². The third-order valence-corrected chi connectivity index (χ3v) is 9.04. The van der Waals surface area contributed by atoms with E-state index in [0.717, 1.165) is 37.9 Å². The molecule has 0 saturated carbocycles. The van der Waals surface area contributed by atoms with E-state index in [-0.39, 0.29) is 4.90 Å². The third-order valence-electron chi connectivity index (χ3n) is 5.10. The molecule has 7 nitrogen and oxygen atoms in total. The van der Waals surface area contributed by atoms with E-state index in [1.54, 1.807) is 53.5 Å². The van der Waals surface area contributed by atoms with Crippen molar-refractivity contribution < 1.29 is 8.42 Å². The summed E-state index contributed by atoms with van der Waals surface area (Å²) in [6.45, 7) is 2.13. The van der Waals surface area contributed by atoms with E-state index in [1.807, 2.05) is 12.1 Å². The van der Waals surface area contributed by atoms with Crippen LogP contribution in [0.15, 0.2) is 75.8 Å². The fourth-order valence-electron chi connectivity index (χ4n) is 3.55. The van der Waals surface area contributed by atoms with Gasteiger partial charge in [0.25, 0.3) is 10.0 Å². The number of sulfonamides is 1. The van der Waals surface area contributed by atoms with Crippen LogP contribution in [0.3, 0.4) is 0 Å². The van der Waals surface area contributed by atoms with Gasteiger partial charge in [0.1, 0.15) is 17.0 Å². The summed E-state index contributed by atoms with van der Waals surface area (Å²) in [5, 5.41) is 6.34. The second-order valence-electron chi connectivity index (χ2n) is 7.26. The molecule has 0 aliphatic heterocycles. The van der Waals surface area contributed by atoms with Crippen LogP contribution in [0, 0.1) is 0 Å². The molecule has 11 heteroatoms. The van der Waals surface area contributed by atoms with Crippen LogP contribution >= 0.6 is 38.6 Å². The normalized spacial score (nSPS) is 11.6. The van der Waals surface area contributed by atoms with Gasteiger partial charge in [-0.1, -0.05) is 35.0 Å². The number of fused-ring (bicyclic) bond motifs is 1. The highest BCUT2D eigenvalue weighted by Crippen LogP contribution is 2.42. The van der Waals surface area contributed by atoms with Gasteiger partial charge >= 0.3 is 0 Å². The molecule has 0 atom stereocenters. The van der Waals surface area contributed by atoms with Crippen molar-refractivity contribution in [3.8, 4) is 11.1 Å². The molecule has 0 fully saturated rings. The van der Waals surface area contributed by atoms with Crippen LogP contribution in [0.1, 0.15) is 11.8 Å². The second-order valence-corrected chi connectivity index (χ2v) is 11.8. The van der Waals surface area contributed by atoms with E-state index in [9.17, 15) is 8.42 Å². The smallest absolute Gasteiger partial charge is 0.263 e. The predicted octanol–water partition coefficient (Wildman–Crippen LogP) is 6.68. The summed E-state index contributed by atoms with van der Waals surface area (Å²) in [5.74, 6) is 0.676. The van der Waals surface area contributed by atoms with E-state index >= 15 is 0 Å². The van der Waals surface area contributed by atoms with Gasteiger partial charge in [-0.2, -0.15) is 0 Å². The van der Waals surface area contributed by atoms with Crippen LogP contribution in [-0.4, -0.2) is 23.4 Å². The molecule has 3 aromatic heterocycles. The molecule has 5 rings (SSSR count). The molecule has 0 unspecified atom stereocenters. The van der Waals surface area contributed by atoms with Gasteiger partial charge in [0.15, 0.2) is 5.13 Å². The summed E-state index contributed by atoms with van der Waals surface area (Å²) in [6.07, 6.45) is 3.97. The molecule has 0 spiro atoms. The van der Waals surface area contributed by atoms with Crippen molar-refractivity contribution in [2.75, 3.05) is 10.0 Å². The summed E-state index contributed by atoms with van der Waals surface area (Å²) < 4.78 is 28.7. The zero-order valence-electron chi connectivity index (χ0n) is 17.8. The van der Waals surface area contributed by atoms with Gasteiger partial charge in [-0.3, -0.25) is 4.72 Å². The van der Waals surface area contributed by atoms with Crippen LogP contribution in [0.4, 0.5) is 16.6 Å². The summed E-state index contributed by atoms with van der Waals surface area (Å²) in [6, 6.07) is 14.7. The number of hydrogen-bond acceptors (Lipinski definition) is 8. The first-order valence-electron chi connectivity index (χ1n) is 10.3. The summed E-state index contributed by atoms with van der Waals surface area (Å²) in [4.78, 5) is 15.3. The number of nitrogens with zero attached hydrogens (tertiary/aromatic N) is 3. The molecular formula is C23H18BrN5O2S3. The van der Waals surface area contributed by atoms with Gasteiger partial charge < -0.3 is 5.32 Å². The van der Waals surface area contributed by atoms with Gasteiger partial charge in [-0.15, -0.1) is 22.7 Å². The molecule has 2 N–H and O–H groups in total. The summed E-state index contributed by atoms with van der Waals surface area (Å²) >= 11 is 6.39. The molecule has 0 saturated heterocycles. The Labute approximate surface area is 213 Å². The van der Waals surface area contributed by atoms with E-state index in [4.69, 9.17) is 0 Å². The molecule has 0 aliphatic carbocycles. The Hall–Kier alpha value is -2.86. The number of thiazole rings is 1. The first kappa shape index (κ1) is 22.9. The van der Waals surface area contributed by atoms with Crippen molar-refractivity contribution in [1.82, 2.24) is 15.0 Å². The van der Waals surface area contributed by atoms with Gasteiger partial charge in [-0.25, -0.2) is 23.4 Å². The molecule has 2 aromatic carbocycles. The van der Waals surface area contributed by atoms with Crippen LogP contribution in [0.25, 0.3) is 21.3 Å². The standard InChI is InChI=1S/C23H18BrN5O2S3/c1-2-18-19(14-3-5-15(24)6-4-14)20-21(26-13-27-22(20)33-18)28-16-7-9-17(10-8-16)34(30,31)29-23-25-11-12-32-23/h3-13H,2H2,1H3,(H,25,29)(H,26,27,28). The van der Waals surface area contributed by atoms with Crippen molar-refractivity contribution in [2.24, 2.45) is 0 Å². The van der Waals surface area contributed by atoms with E-state index in [2.05, 4.69) is 60.0 Å². The maximum absolute atomic E-state index is 12.6. The highest BCUT2D eigenvalue weighted by atomic mass is 79.9. The minimum atomic E-state index is -3.71. The number of aryl methyl sites for hydroxylation is 1. The third kappa shape index (κ3) is 4.56. The number of hydrogen-bond donors (Lipinski definition) is 2. The zero-order valence-corrected chi connectivity index (χ0v) is 21.9. The van der Waals surface area contributed by atoms with Crippen LogP contribution in [0.5, 0.6) is 0 Å². The Morgan fingerprint density at radius 3 is 2.44 bits per heavy atom. The van der Waals surface area contributed by atoms with E-state index in [0.29, 0.717) is 10.9 Å². The maximum Gasteiger partial charge on any atom is 0.263 e. The number of benzene rings is 2. The monoisotopic (exact) mass is 571 g/mol. The van der Waals surface area contributed by atoms with Crippen molar-refractivity contribution in [3.05, 3.63) is 75.8 Å². The van der Waals surface area contributed by atoms with E-state index in [1.165, 1.54) is 16.2 Å². The van der Waals surface area contributed by atoms with Crippen molar-refractivity contribution in [3.63, 3.8) is 0 Å². The molecule has 0 amide bonds. The average Bonchev–Trinajstić information content (AvgIpc) is 3.47. The van der Waals surface area contributed by atoms with Crippen molar-refractivity contribution in [1.29, 1.82) is 0 Å². The highest BCUT2D eigenvalue weighted by Gasteiger charge is 2.19. The number of halogens is 1. The highest BCUT2D eigenvalue weighted by molar-refractivity contribution is 9.10. The lowest BCUT2D eigenvalue weighted by atomic mass is 10.0. The van der Waals surface area contributed by atoms with Gasteiger partial charge in [0.05, 0.1) is 10.3 Å². The van der Waals surface area contributed by atoms with Crippen molar-refractivity contribution >= 4 is 75.5 Å². The Morgan fingerprint density at radius 2 is 1.76 bits per heavy atom. The van der Waals surface area contributed by atoms with Crippen LogP contribution in [0.2, 0.25) is 0 Å². The predicted molar refractivity (Wildman–Crippen MR) is 143 cm³/mol. The molecule has 0 bridgehead atoms. The van der Waals surface area contributed by atoms with E-state index < -0.39 is 10.0 Å². The molecule has 3 heterocycles. The minimum Gasteiger partial charge on any atom is -0.340 e. The van der Waals surface area contributed by atoms with Crippen LogP contribution < -0.4 is 10.0 Å². The molecule has 0 aliphatic rings. The number of rotatable bonds is 7. The molecular weight excluding hydrogens is 554 g/mol. The maximum atomic E-state index is 12.6. The topological polar surface area (TPSA) is 96.9 Å². The Bertz CT molecular complexity index is 1550. The molecule has 172 valence electrons. The second kappa shape index (κ2) is 9.41. The number of thiophene rings is 1. The lowest BCUT2D eigenvalue weighted by Crippen LogP contribution is -2.12. The number of nitrogens with one attached hydrogen (secondary N) is 2. The average molecular weight is 573 g/mol. The summed E-state index contributed by atoms with van der Waals surface area (Å²) in [5.41, 5.74) is 2.93. The van der Waals surface area contributed by atoms with Crippen molar-refractivity contribution in [2.45, 2.75) is 18.2 Å². The number of anilines is 3. The SMILES string of the molecule is CCc1sc2ncnc(Nc3ccc(S(=O)(=O)Nc4nccs4)cc3)c2c1-c1ccc(Br)cc1. The quantitative estimate of drug-likeness (QED) is 0.226. The van der Waals surface area contributed by atoms with Crippen LogP contribution in [-0.2, 0) is 16.4 Å². The fourth-order valence-corrected chi connectivity index (χ4v) is 6.70. The number of aromatic nitrogens is 3. The molecule has 34 heavy (non-hydrogen) atoms. The lowest BCUT2D eigenvalue weighted by molar-refractivity contribution is 0.601. The largest absolute Gasteiger partial charge is 0.340 e. The molecule has 5 aromatic rings. The van der Waals surface area contributed by atoms with Gasteiger partial charge in [0, 0.05) is 32.2 Å². The first-order valence-corrected chi connectivity index (χ1v) is 14.2. The minimum absolute atomic E-state index is 0.153. The zero-order chi connectivity index (χ0) is 23.7. The Morgan fingerprint density at radius 1 is 1.00 bits per heavy atom. The molecule has 0 radical (unpaired) electrons. The van der Waals surface area contributed by atoms with Gasteiger partial charge in [0.2, 0.25) is 0 Å². The Balaban J connectivity index is 1.49. The Kier molecular flexibility index (Phi) is 6.34. The fraction of sp³-hybridized carbons (Fsp3) is 0.0870. The first-order chi connectivity index (χ1) is 16.4. The summed E-state index contributed by atoms with van der Waals surface area (Å²) in [7, 11) is -3.71. The lowest BCUT2D eigenvalue weighted by Gasteiger charge is -2.11.